The second-order valence-electron chi connectivity index (χ2n) is 1.78. The van der Waals surface area contributed by atoms with E-state index in [2.05, 4.69) is 9.68 Å². The lowest BCUT2D eigenvalue weighted by Gasteiger charge is -1.80. The van der Waals surface area contributed by atoms with Crippen molar-refractivity contribution in [3.05, 3.63) is 18.5 Å². The summed E-state index contributed by atoms with van der Waals surface area (Å²) < 4.78 is 4.33. The fraction of sp³-hybridized carbons (Fsp3) is 0.500. The van der Waals surface area contributed by atoms with E-state index < -0.39 is 0 Å². The highest BCUT2D eigenvalue weighted by Gasteiger charge is 1.69. The molecule has 0 aliphatic heterocycles. The summed E-state index contributed by atoms with van der Waals surface area (Å²) in [5.74, 6) is 0. The van der Waals surface area contributed by atoms with Crippen LogP contribution in [0, 0.1) is 0 Å². The Morgan fingerprint density at radius 1 is 1.56 bits per heavy atom. The molecule has 0 aliphatic carbocycles. The van der Waals surface area contributed by atoms with E-state index >= 15 is 0 Å². The van der Waals surface area contributed by atoms with Gasteiger partial charge in [0.2, 0.25) is 0 Å². The predicted molar refractivity (Wildman–Crippen MR) is 33.9 cm³/mol. The van der Waals surface area contributed by atoms with E-state index in [0.717, 1.165) is 0 Å². The standard InChI is InChI=1S/C3H3NO.C3H8O/c1-2-4-5-3-1;1-3(2)4/h1-3H;3-4H,1-2H3. The Balaban J connectivity index is 0.000000148. The van der Waals surface area contributed by atoms with E-state index in [1.807, 2.05) is 0 Å². The number of rotatable bonds is 0. The van der Waals surface area contributed by atoms with Gasteiger partial charge in [0.05, 0.1) is 6.20 Å². The molecule has 1 rings (SSSR count). The summed E-state index contributed by atoms with van der Waals surface area (Å²) in [4.78, 5) is 0. The van der Waals surface area contributed by atoms with Crippen molar-refractivity contribution < 1.29 is 9.63 Å². The molecule has 0 aromatic carbocycles. The molecule has 1 N–H and O–H groups in total. The molecule has 52 valence electrons. The largest absolute Gasteiger partial charge is 0.394 e. The van der Waals surface area contributed by atoms with Gasteiger partial charge in [0.25, 0.3) is 0 Å². The lowest BCUT2D eigenvalue weighted by atomic mass is 10.5. The summed E-state index contributed by atoms with van der Waals surface area (Å²) in [5.41, 5.74) is 0. The molecule has 0 radical (unpaired) electrons. The Kier molecular flexibility index (Phi) is 4.82. The molecule has 0 atom stereocenters. The number of aliphatic hydroxyl groups is 1. The quantitative estimate of drug-likeness (QED) is 0.569. The molecule has 1 heterocycles. The van der Waals surface area contributed by atoms with Gasteiger partial charge >= 0.3 is 0 Å². The lowest BCUT2D eigenvalue weighted by Crippen LogP contribution is -1.85. The van der Waals surface area contributed by atoms with E-state index in [0.29, 0.717) is 0 Å². The van der Waals surface area contributed by atoms with Crippen molar-refractivity contribution in [2.45, 2.75) is 20.0 Å². The van der Waals surface area contributed by atoms with Crippen LogP contribution >= 0.6 is 0 Å². The SMILES string of the molecule is CC(C)O.c1cnoc1. The molecule has 3 nitrogen and oxygen atoms in total. The first-order valence-corrected chi connectivity index (χ1v) is 2.76. The fourth-order valence-electron chi connectivity index (χ4n) is 0.176. The molecular formula is C6H11NO2. The average Bonchev–Trinajstić information content (AvgIpc) is 2.11. The van der Waals surface area contributed by atoms with Crippen LogP contribution in [0.4, 0.5) is 0 Å². The third-order valence-corrected chi connectivity index (χ3v) is 0.347. The van der Waals surface area contributed by atoms with Crippen molar-refractivity contribution in [3.63, 3.8) is 0 Å². The predicted octanol–water partition coefficient (Wildman–Crippen LogP) is 1.06. The summed E-state index contributed by atoms with van der Waals surface area (Å²) in [7, 11) is 0. The number of nitrogens with zero attached hydrogens (tertiary/aromatic N) is 1. The maximum atomic E-state index is 8.06. The zero-order valence-corrected chi connectivity index (χ0v) is 5.61. The Morgan fingerprint density at radius 2 is 2.11 bits per heavy atom. The van der Waals surface area contributed by atoms with Crippen molar-refractivity contribution in [1.82, 2.24) is 5.16 Å². The summed E-state index contributed by atoms with van der Waals surface area (Å²) in [6.07, 6.45) is 2.93. The topological polar surface area (TPSA) is 46.3 Å². The van der Waals surface area contributed by atoms with Crippen molar-refractivity contribution >= 4 is 0 Å². The smallest absolute Gasteiger partial charge is 0.123 e. The fourth-order valence-corrected chi connectivity index (χ4v) is 0.176. The second-order valence-corrected chi connectivity index (χ2v) is 1.78. The van der Waals surface area contributed by atoms with E-state index in [1.165, 1.54) is 6.26 Å². The minimum absolute atomic E-state index is 0.167. The van der Waals surface area contributed by atoms with Crippen molar-refractivity contribution in [1.29, 1.82) is 0 Å². The zero-order valence-electron chi connectivity index (χ0n) is 5.61. The van der Waals surface area contributed by atoms with Gasteiger partial charge in [0.15, 0.2) is 0 Å². The summed E-state index contributed by atoms with van der Waals surface area (Å²) in [5, 5.41) is 11.4. The first-order valence-electron chi connectivity index (χ1n) is 2.76. The molecule has 0 bridgehead atoms. The van der Waals surface area contributed by atoms with Gasteiger partial charge in [-0.15, -0.1) is 0 Å². The normalized spacial score (nSPS) is 8.44. The lowest BCUT2D eigenvalue weighted by molar-refractivity contribution is 0.216. The van der Waals surface area contributed by atoms with Crippen LogP contribution in [0.1, 0.15) is 13.8 Å². The Hall–Kier alpha value is -0.830. The number of hydrogen-bond acceptors (Lipinski definition) is 3. The van der Waals surface area contributed by atoms with Crippen LogP contribution in [0.25, 0.3) is 0 Å². The first kappa shape index (κ1) is 8.17. The van der Waals surface area contributed by atoms with Gasteiger partial charge in [-0.25, -0.2) is 0 Å². The molecule has 0 amide bonds. The summed E-state index contributed by atoms with van der Waals surface area (Å²) in [6.45, 7) is 3.44. The van der Waals surface area contributed by atoms with Crippen LogP contribution in [0.15, 0.2) is 23.0 Å². The first-order chi connectivity index (χ1) is 4.23. The summed E-state index contributed by atoms with van der Waals surface area (Å²) >= 11 is 0. The van der Waals surface area contributed by atoms with Crippen molar-refractivity contribution in [2.75, 3.05) is 0 Å². The van der Waals surface area contributed by atoms with Crippen LogP contribution < -0.4 is 0 Å². The average molecular weight is 129 g/mol. The van der Waals surface area contributed by atoms with Crippen molar-refractivity contribution in [3.8, 4) is 0 Å². The van der Waals surface area contributed by atoms with Crippen LogP contribution in [-0.2, 0) is 0 Å². The number of hydrogen-bond donors (Lipinski definition) is 1. The highest BCUT2D eigenvalue weighted by molar-refractivity contribution is 4.67. The molecule has 9 heavy (non-hydrogen) atoms. The summed E-state index contributed by atoms with van der Waals surface area (Å²) in [6, 6.07) is 1.72. The van der Waals surface area contributed by atoms with Crippen LogP contribution in [-0.4, -0.2) is 16.4 Å². The van der Waals surface area contributed by atoms with Crippen LogP contribution in [0.5, 0.6) is 0 Å². The molecule has 0 saturated carbocycles. The third-order valence-electron chi connectivity index (χ3n) is 0.347. The highest BCUT2D eigenvalue weighted by Crippen LogP contribution is 1.72. The van der Waals surface area contributed by atoms with Crippen LogP contribution in [0.3, 0.4) is 0 Å². The molecule has 0 spiro atoms. The van der Waals surface area contributed by atoms with Gasteiger partial charge in [0, 0.05) is 6.10 Å². The Morgan fingerprint density at radius 3 is 2.22 bits per heavy atom. The Labute approximate surface area is 54.3 Å². The number of aliphatic hydroxyl groups excluding tert-OH is 1. The van der Waals surface area contributed by atoms with E-state index in [9.17, 15) is 0 Å². The number of aromatic nitrogens is 1. The van der Waals surface area contributed by atoms with Gasteiger partial charge in [-0.2, -0.15) is 0 Å². The molecule has 0 fully saturated rings. The second kappa shape index (κ2) is 5.31. The van der Waals surface area contributed by atoms with Crippen LogP contribution in [0.2, 0.25) is 0 Å². The molecule has 1 aromatic heterocycles. The van der Waals surface area contributed by atoms with Gasteiger partial charge in [-0.1, -0.05) is 5.16 Å². The molecule has 0 aliphatic rings. The minimum atomic E-state index is -0.167. The van der Waals surface area contributed by atoms with E-state index in [4.69, 9.17) is 5.11 Å². The molecule has 0 unspecified atom stereocenters. The molecule has 3 heteroatoms. The van der Waals surface area contributed by atoms with Crippen molar-refractivity contribution in [2.24, 2.45) is 0 Å². The Bertz CT molecular complexity index is 94.6. The monoisotopic (exact) mass is 129 g/mol. The molecule has 0 saturated heterocycles. The van der Waals surface area contributed by atoms with E-state index in [1.54, 1.807) is 26.1 Å². The van der Waals surface area contributed by atoms with E-state index in [-0.39, 0.29) is 6.10 Å². The molecule has 1 aromatic rings. The maximum Gasteiger partial charge on any atom is 0.123 e. The maximum absolute atomic E-state index is 8.06. The zero-order chi connectivity index (χ0) is 7.11. The molecular weight excluding hydrogens is 118 g/mol. The van der Waals surface area contributed by atoms with Gasteiger partial charge in [-0.05, 0) is 19.9 Å². The van der Waals surface area contributed by atoms with Gasteiger partial charge in [0.1, 0.15) is 6.26 Å². The third kappa shape index (κ3) is 11.0. The minimum Gasteiger partial charge on any atom is -0.394 e. The highest BCUT2D eigenvalue weighted by atomic mass is 16.5. The van der Waals surface area contributed by atoms with Gasteiger partial charge in [-0.3, -0.25) is 0 Å². The van der Waals surface area contributed by atoms with Gasteiger partial charge < -0.3 is 9.63 Å².